The summed E-state index contributed by atoms with van der Waals surface area (Å²) in [5.74, 6) is 0.592. The Balaban J connectivity index is 2.58. The van der Waals surface area contributed by atoms with Crippen molar-refractivity contribution >= 4 is 11.8 Å². The first kappa shape index (κ1) is 17.2. The Labute approximate surface area is 122 Å². The van der Waals surface area contributed by atoms with Crippen LogP contribution in [-0.4, -0.2) is 24.4 Å². The van der Waals surface area contributed by atoms with Gasteiger partial charge >= 0.3 is 5.51 Å². The lowest BCUT2D eigenvalue weighted by Gasteiger charge is -2.14. The highest BCUT2D eigenvalue weighted by atomic mass is 32.2. The van der Waals surface area contributed by atoms with E-state index in [0.29, 0.717) is 5.75 Å². The summed E-state index contributed by atoms with van der Waals surface area (Å²) < 4.78 is 41.5. The van der Waals surface area contributed by atoms with Crippen molar-refractivity contribution in [2.75, 3.05) is 18.9 Å². The fourth-order valence-corrected chi connectivity index (χ4v) is 2.34. The second-order valence-electron chi connectivity index (χ2n) is 4.48. The van der Waals surface area contributed by atoms with Gasteiger partial charge in [-0.15, -0.1) is 0 Å². The molecule has 114 valence electrons. The molecular formula is C14H20F3NOS. The summed E-state index contributed by atoms with van der Waals surface area (Å²) >= 11 is -0.0562. The Morgan fingerprint density at radius 1 is 1.20 bits per heavy atom. The normalized spacial score (nSPS) is 11.7. The van der Waals surface area contributed by atoms with E-state index in [9.17, 15) is 13.2 Å². The first-order chi connectivity index (χ1) is 9.33. The van der Waals surface area contributed by atoms with Crippen molar-refractivity contribution in [2.45, 2.75) is 32.8 Å². The number of ether oxygens (including phenoxy) is 1. The first-order valence-corrected chi connectivity index (χ1v) is 7.46. The van der Waals surface area contributed by atoms with Crippen LogP contribution in [-0.2, 0) is 6.54 Å². The Kier molecular flexibility index (Phi) is 6.68. The van der Waals surface area contributed by atoms with Gasteiger partial charge < -0.3 is 10.1 Å². The predicted octanol–water partition coefficient (Wildman–Crippen LogP) is 4.04. The van der Waals surface area contributed by atoms with Crippen LogP contribution in [0.1, 0.15) is 23.6 Å². The standard InChI is InChI=1S/C14H20F3NOS/c1-4-18-9-12-7-10(2)13(11(3)8-12)19-5-6-20-14(15,16)17/h7-8,18H,4-6,9H2,1-3H3. The Morgan fingerprint density at radius 2 is 1.80 bits per heavy atom. The van der Waals surface area contributed by atoms with Crippen LogP contribution in [0.15, 0.2) is 12.1 Å². The molecule has 1 rings (SSSR count). The van der Waals surface area contributed by atoms with E-state index in [4.69, 9.17) is 4.74 Å². The van der Waals surface area contributed by atoms with Crippen LogP contribution in [0.3, 0.4) is 0 Å². The third kappa shape index (κ3) is 6.05. The summed E-state index contributed by atoms with van der Waals surface area (Å²) in [5.41, 5.74) is -1.13. The molecule has 0 saturated heterocycles. The van der Waals surface area contributed by atoms with Gasteiger partial charge in [0.05, 0.1) is 6.61 Å². The van der Waals surface area contributed by atoms with E-state index >= 15 is 0 Å². The van der Waals surface area contributed by atoms with Crippen molar-refractivity contribution in [3.05, 3.63) is 28.8 Å². The van der Waals surface area contributed by atoms with Crippen LogP contribution in [0, 0.1) is 13.8 Å². The average molecular weight is 307 g/mol. The SMILES string of the molecule is CCNCc1cc(C)c(OCCSC(F)(F)F)c(C)c1. The van der Waals surface area contributed by atoms with Crippen molar-refractivity contribution in [1.29, 1.82) is 0 Å². The molecule has 0 aliphatic rings. The van der Waals surface area contributed by atoms with Gasteiger partial charge in [0.1, 0.15) is 5.75 Å². The van der Waals surface area contributed by atoms with Gasteiger partial charge in [-0.1, -0.05) is 19.1 Å². The topological polar surface area (TPSA) is 21.3 Å². The maximum Gasteiger partial charge on any atom is 0.441 e. The third-order valence-electron chi connectivity index (χ3n) is 2.69. The van der Waals surface area contributed by atoms with Crippen LogP contribution in [0.4, 0.5) is 13.2 Å². The minimum atomic E-state index is -4.19. The van der Waals surface area contributed by atoms with Gasteiger partial charge in [0.25, 0.3) is 0 Å². The van der Waals surface area contributed by atoms with Gasteiger partial charge in [0.2, 0.25) is 0 Å². The number of hydrogen-bond acceptors (Lipinski definition) is 3. The lowest BCUT2D eigenvalue weighted by atomic mass is 10.1. The van der Waals surface area contributed by atoms with Crippen LogP contribution in [0.2, 0.25) is 0 Å². The molecule has 1 N–H and O–H groups in total. The zero-order valence-electron chi connectivity index (χ0n) is 11.9. The summed E-state index contributed by atoms with van der Waals surface area (Å²) in [5, 5.41) is 3.24. The van der Waals surface area contributed by atoms with Crippen LogP contribution in [0.25, 0.3) is 0 Å². The van der Waals surface area contributed by atoms with E-state index < -0.39 is 5.51 Å². The smallest absolute Gasteiger partial charge is 0.441 e. The lowest BCUT2D eigenvalue weighted by molar-refractivity contribution is -0.0329. The second-order valence-corrected chi connectivity index (χ2v) is 5.64. The molecule has 0 aliphatic carbocycles. The average Bonchev–Trinajstić information content (AvgIpc) is 2.33. The van der Waals surface area contributed by atoms with Crippen molar-refractivity contribution in [3.63, 3.8) is 0 Å². The van der Waals surface area contributed by atoms with Gasteiger partial charge in [-0.2, -0.15) is 13.2 Å². The van der Waals surface area contributed by atoms with Gasteiger partial charge in [0, 0.05) is 12.3 Å². The number of hydrogen-bond donors (Lipinski definition) is 1. The molecule has 2 nitrogen and oxygen atoms in total. The van der Waals surface area contributed by atoms with E-state index in [0.717, 1.165) is 29.8 Å². The molecule has 0 atom stereocenters. The van der Waals surface area contributed by atoms with E-state index in [2.05, 4.69) is 5.32 Å². The number of aryl methyl sites for hydroxylation is 2. The Morgan fingerprint density at radius 3 is 2.30 bits per heavy atom. The minimum absolute atomic E-state index is 0.0540. The van der Waals surface area contributed by atoms with Crippen molar-refractivity contribution in [1.82, 2.24) is 5.32 Å². The zero-order valence-corrected chi connectivity index (χ0v) is 12.8. The molecule has 0 saturated carbocycles. The molecule has 1 aromatic carbocycles. The second kappa shape index (κ2) is 7.78. The summed E-state index contributed by atoms with van der Waals surface area (Å²) in [7, 11) is 0. The predicted molar refractivity (Wildman–Crippen MR) is 77.3 cm³/mol. The summed E-state index contributed by atoms with van der Waals surface area (Å²) in [6.07, 6.45) is 0. The number of halogens is 3. The van der Waals surface area contributed by atoms with E-state index in [1.807, 2.05) is 32.9 Å². The quantitative estimate of drug-likeness (QED) is 0.768. The molecular weight excluding hydrogens is 287 g/mol. The highest BCUT2D eigenvalue weighted by Gasteiger charge is 2.27. The monoisotopic (exact) mass is 307 g/mol. The third-order valence-corrected chi connectivity index (χ3v) is 3.39. The molecule has 0 bridgehead atoms. The molecule has 0 unspecified atom stereocenters. The molecule has 0 fully saturated rings. The number of benzene rings is 1. The Bertz CT molecular complexity index is 412. The maximum absolute atomic E-state index is 12.0. The number of alkyl halides is 3. The van der Waals surface area contributed by atoms with E-state index in [1.54, 1.807) is 0 Å². The van der Waals surface area contributed by atoms with Gasteiger partial charge in [-0.05, 0) is 48.8 Å². The summed E-state index contributed by atoms with van der Waals surface area (Å²) in [4.78, 5) is 0. The van der Waals surface area contributed by atoms with E-state index in [1.165, 1.54) is 0 Å². The molecule has 0 radical (unpaired) electrons. The molecule has 20 heavy (non-hydrogen) atoms. The summed E-state index contributed by atoms with van der Waals surface area (Å²) in [6, 6.07) is 4.00. The molecule has 0 amide bonds. The maximum atomic E-state index is 12.0. The molecule has 0 aromatic heterocycles. The minimum Gasteiger partial charge on any atom is -0.492 e. The lowest BCUT2D eigenvalue weighted by Crippen LogP contribution is -2.12. The summed E-state index contributed by atoms with van der Waals surface area (Å²) in [6.45, 7) is 7.59. The molecule has 1 aromatic rings. The fourth-order valence-electron chi connectivity index (χ4n) is 1.94. The fraction of sp³-hybridized carbons (Fsp3) is 0.571. The van der Waals surface area contributed by atoms with Gasteiger partial charge in [0.15, 0.2) is 0 Å². The van der Waals surface area contributed by atoms with Gasteiger partial charge in [-0.25, -0.2) is 0 Å². The highest BCUT2D eigenvalue weighted by Crippen LogP contribution is 2.30. The van der Waals surface area contributed by atoms with Gasteiger partial charge in [-0.3, -0.25) is 0 Å². The zero-order chi connectivity index (χ0) is 15.2. The first-order valence-electron chi connectivity index (χ1n) is 6.48. The number of rotatable bonds is 7. The van der Waals surface area contributed by atoms with Crippen LogP contribution in [0.5, 0.6) is 5.75 Å². The van der Waals surface area contributed by atoms with Crippen molar-refractivity contribution < 1.29 is 17.9 Å². The number of thioether (sulfide) groups is 1. The highest BCUT2D eigenvalue weighted by molar-refractivity contribution is 8.00. The molecule has 0 spiro atoms. The number of nitrogens with one attached hydrogen (secondary N) is 1. The van der Waals surface area contributed by atoms with E-state index in [-0.39, 0.29) is 24.1 Å². The molecule has 6 heteroatoms. The van der Waals surface area contributed by atoms with Crippen molar-refractivity contribution in [2.24, 2.45) is 0 Å². The Hall–Kier alpha value is -0.880. The van der Waals surface area contributed by atoms with Crippen LogP contribution < -0.4 is 10.1 Å². The molecule has 0 heterocycles. The molecule has 0 aliphatic heterocycles. The van der Waals surface area contributed by atoms with Crippen LogP contribution >= 0.6 is 11.8 Å². The largest absolute Gasteiger partial charge is 0.492 e. The van der Waals surface area contributed by atoms with Crippen molar-refractivity contribution in [3.8, 4) is 5.75 Å².